The summed E-state index contributed by atoms with van der Waals surface area (Å²) in [4.78, 5) is 4.73. The van der Waals surface area contributed by atoms with Gasteiger partial charge in [-0.2, -0.15) is 0 Å². The molecule has 2 rings (SSSR count). The number of rotatable bonds is 5. The molecule has 1 fully saturated rings. The van der Waals surface area contributed by atoms with Crippen molar-refractivity contribution in [3.63, 3.8) is 0 Å². The molecule has 1 aliphatic rings. The molecule has 0 bridgehead atoms. The van der Waals surface area contributed by atoms with Crippen molar-refractivity contribution in [1.82, 2.24) is 10.3 Å². The summed E-state index contributed by atoms with van der Waals surface area (Å²) in [6.45, 7) is 8.62. The van der Waals surface area contributed by atoms with Gasteiger partial charge in [0.15, 0.2) is 0 Å². The molecule has 0 spiro atoms. The minimum Gasteiger partial charge on any atom is -0.310 e. The quantitative estimate of drug-likeness (QED) is 0.805. The number of halogens is 1. The van der Waals surface area contributed by atoms with E-state index in [9.17, 15) is 0 Å². The largest absolute Gasteiger partial charge is 0.310 e. The molecule has 0 saturated heterocycles. The Hall–Kier alpha value is -0.120. The Morgan fingerprint density at radius 1 is 1.30 bits per heavy atom. The first-order valence-corrected chi connectivity index (χ1v) is 9.13. The summed E-state index contributed by atoms with van der Waals surface area (Å²) >= 11 is 7.86. The highest BCUT2D eigenvalue weighted by Gasteiger charge is 2.24. The van der Waals surface area contributed by atoms with Crippen LogP contribution in [0.5, 0.6) is 0 Å². The van der Waals surface area contributed by atoms with E-state index < -0.39 is 0 Å². The average molecular weight is 315 g/mol. The molecule has 4 heteroatoms. The summed E-state index contributed by atoms with van der Waals surface area (Å²) < 4.78 is 0. The number of nitrogens with zero attached hydrogens (tertiary/aromatic N) is 1. The van der Waals surface area contributed by atoms with Gasteiger partial charge in [-0.15, -0.1) is 22.9 Å². The Morgan fingerprint density at radius 2 is 2.00 bits per heavy atom. The number of thiazole rings is 1. The minimum absolute atomic E-state index is 0.155. The lowest BCUT2D eigenvalue weighted by atomic mass is 9.80. The van der Waals surface area contributed by atoms with Crippen LogP contribution in [0.25, 0.3) is 0 Å². The third-order valence-corrected chi connectivity index (χ3v) is 5.51. The van der Waals surface area contributed by atoms with Crippen LogP contribution in [0.2, 0.25) is 0 Å². The SMILES string of the molecule is CC(C)(C)c1csc(CNCC2CCCCC2CCl)n1. The van der Waals surface area contributed by atoms with E-state index in [1.165, 1.54) is 36.4 Å². The van der Waals surface area contributed by atoms with E-state index in [0.29, 0.717) is 5.92 Å². The summed E-state index contributed by atoms with van der Waals surface area (Å²) in [7, 11) is 0. The van der Waals surface area contributed by atoms with E-state index in [-0.39, 0.29) is 5.41 Å². The maximum Gasteiger partial charge on any atom is 0.107 e. The van der Waals surface area contributed by atoms with Crippen molar-refractivity contribution < 1.29 is 0 Å². The van der Waals surface area contributed by atoms with Crippen molar-refractivity contribution in [2.45, 2.75) is 58.4 Å². The van der Waals surface area contributed by atoms with E-state index in [0.717, 1.165) is 24.9 Å². The van der Waals surface area contributed by atoms with Crippen LogP contribution in [0, 0.1) is 11.8 Å². The maximum atomic E-state index is 6.09. The highest BCUT2D eigenvalue weighted by molar-refractivity contribution is 7.09. The van der Waals surface area contributed by atoms with Gasteiger partial charge in [-0.25, -0.2) is 4.98 Å². The third-order valence-electron chi connectivity index (χ3n) is 4.27. The summed E-state index contributed by atoms with van der Waals surface area (Å²) in [5.41, 5.74) is 1.36. The number of nitrogens with one attached hydrogen (secondary N) is 1. The first-order valence-electron chi connectivity index (χ1n) is 7.72. The number of aromatic nitrogens is 1. The Labute approximate surface area is 132 Å². The molecule has 1 aromatic rings. The van der Waals surface area contributed by atoms with E-state index in [1.807, 2.05) is 0 Å². The molecule has 114 valence electrons. The standard InChI is InChI=1S/C16H27ClN2S/c1-16(2,3)14-11-20-15(19-14)10-18-9-13-7-5-4-6-12(13)8-17/h11-13,18H,4-10H2,1-3H3. The first kappa shape index (κ1) is 16.3. The van der Waals surface area contributed by atoms with Crippen molar-refractivity contribution in [1.29, 1.82) is 0 Å². The third kappa shape index (κ3) is 4.44. The highest BCUT2D eigenvalue weighted by Crippen LogP contribution is 2.30. The van der Waals surface area contributed by atoms with Crippen LogP contribution in [0.3, 0.4) is 0 Å². The topological polar surface area (TPSA) is 24.9 Å². The van der Waals surface area contributed by atoms with Crippen molar-refractivity contribution in [3.8, 4) is 0 Å². The molecular weight excluding hydrogens is 288 g/mol. The Balaban J connectivity index is 1.79. The molecule has 20 heavy (non-hydrogen) atoms. The Kier molecular flexibility index (Phi) is 5.88. The summed E-state index contributed by atoms with van der Waals surface area (Å²) in [5, 5.41) is 6.99. The molecule has 2 atom stereocenters. The molecule has 0 aromatic carbocycles. The predicted molar refractivity (Wildman–Crippen MR) is 88.7 cm³/mol. The summed E-state index contributed by atoms with van der Waals surface area (Å²) in [5.74, 6) is 2.28. The van der Waals surface area contributed by atoms with Crippen molar-refractivity contribution in [3.05, 3.63) is 16.1 Å². The zero-order valence-corrected chi connectivity index (χ0v) is 14.5. The van der Waals surface area contributed by atoms with Gasteiger partial charge in [-0.05, 0) is 31.2 Å². The van der Waals surface area contributed by atoms with Gasteiger partial charge in [-0.1, -0.05) is 33.6 Å². The first-order chi connectivity index (χ1) is 9.50. The Bertz CT molecular complexity index is 411. The zero-order chi connectivity index (χ0) is 14.6. The molecule has 0 aliphatic heterocycles. The second-order valence-electron chi connectivity index (χ2n) is 6.97. The molecule has 1 N–H and O–H groups in total. The molecule has 1 aromatic heterocycles. The fourth-order valence-electron chi connectivity index (χ4n) is 2.86. The molecule has 1 saturated carbocycles. The van der Waals surface area contributed by atoms with E-state index >= 15 is 0 Å². The van der Waals surface area contributed by atoms with Gasteiger partial charge < -0.3 is 5.32 Å². The number of hydrogen-bond donors (Lipinski definition) is 1. The monoisotopic (exact) mass is 314 g/mol. The van der Waals surface area contributed by atoms with Gasteiger partial charge in [0.1, 0.15) is 5.01 Å². The van der Waals surface area contributed by atoms with Gasteiger partial charge in [0.05, 0.1) is 5.69 Å². The van der Waals surface area contributed by atoms with Crippen LogP contribution in [0.15, 0.2) is 5.38 Å². The number of hydrogen-bond acceptors (Lipinski definition) is 3. The second kappa shape index (κ2) is 7.24. The fourth-order valence-corrected chi connectivity index (χ4v) is 4.25. The highest BCUT2D eigenvalue weighted by atomic mass is 35.5. The fraction of sp³-hybridized carbons (Fsp3) is 0.812. The van der Waals surface area contributed by atoms with Crippen molar-refractivity contribution in [2.75, 3.05) is 12.4 Å². The molecule has 1 heterocycles. The van der Waals surface area contributed by atoms with Gasteiger partial charge in [0.2, 0.25) is 0 Å². The predicted octanol–water partition coefficient (Wildman–Crippen LogP) is 4.58. The van der Waals surface area contributed by atoms with Gasteiger partial charge >= 0.3 is 0 Å². The van der Waals surface area contributed by atoms with Crippen LogP contribution in [0.1, 0.15) is 57.2 Å². The molecule has 0 radical (unpaired) electrons. The molecule has 2 unspecified atom stereocenters. The van der Waals surface area contributed by atoms with Gasteiger partial charge in [0.25, 0.3) is 0 Å². The van der Waals surface area contributed by atoms with E-state index in [1.54, 1.807) is 11.3 Å². The van der Waals surface area contributed by atoms with Crippen LogP contribution in [-0.2, 0) is 12.0 Å². The maximum absolute atomic E-state index is 6.09. The van der Waals surface area contributed by atoms with E-state index in [2.05, 4.69) is 31.5 Å². The van der Waals surface area contributed by atoms with Crippen LogP contribution in [0.4, 0.5) is 0 Å². The lowest BCUT2D eigenvalue weighted by Gasteiger charge is -2.30. The van der Waals surface area contributed by atoms with Crippen molar-refractivity contribution in [2.24, 2.45) is 11.8 Å². The van der Waals surface area contributed by atoms with Crippen LogP contribution in [-0.4, -0.2) is 17.4 Å². The molecular formula is C16H27ClN2S. The van der Waals surface area contributed by atoms with Crippen LogP contribution < -0.4 is 5.32 Å². The van der Waals surface area contributed by atoms with E-state index in [4.69, 9.17) is 16.6 Å². The van der Waals surface area contributed by atoms with Gasteiger partial charge in [-0.3, -0.25) is 0 Å². The lowest BCUT2D eigenvalue weighted by Crippen LogP contribution is -2.31. The number of alkyl halides is 1. The van der Waals surface area contributed by atoms with Crippen molar-refractivity contribution >= 4 is 22.9 Å². The normalized spacial score (nSPS) is 24.0. The van der Waals surface area contributed by atoms with Gasteiger partial charge in [0, 0.05) is 23.2 Å². The average Bonchev–Trinajstić information content (AvgIpc) is 2.88. The molecule has 2 nitrogen and oxygen atoms in total. The molecule has 0 amide bonds. The smallest absolute Gasteiger partial charge is 0.107 e. The minimum atomic E-state index is 0.155. The molecule has 1 aliphatic carbocycles. The van der Waals surface area contributed by atoms with Crippen LogP contribution >= 0.6 is 22.9 Å². The lowest BCUT2D eigenvalue weighted by molar-refractivity contribution is 0.250. The summed E-state index contributed by atoms with van der Waals surface area (Å²) in [6, 6.07) is 0. The zero-order valence-electron chi connectivity index (χ0n) is 12.9. The second-order valence-corrected chi connectivity index (χ2v) is 8.22. The Morgan fingerprint density at radius 3 is 2.60 bits per heavy atom. The summed E-state index contributed by atoms with van der Waals surface area (Å²) in [6.07, 6.45) is 5.36.